The van der Waals surface area contributed by atoms with Gasteiger partial charge in [-0.15, -0.1) is 0 Å². The molecule has 0 radical (unpaired) electrons. The van der Waals surface area contributed by atoms with Gasteiger partial charge in [0.2, 0.25) is 0 Å². The molecule has 0 heterocycles. The van der Waals surface area contributed by atoms with Crippen molar-refractivity contribution in [1.29, 1.82) is 0 Å². The molecule has 0 unspecified atom stereocenters. The molecule has 1 fully saturated rings. The fraction of sp³-hybridized carbons (Fsp3) is 0.579. The molecule has 144 valence electrons. The number of ether oxygens (including phenoxy) is 1. The number of amides is 2. The number of anilines is 1. The van der Waals surface area contributed by atoms with E-state index in [1.54, 1.807) is 0 Å². The van der Waals surface area contributed by atoms with Gasteiger partial charge in [-0.25, -0.2) is 4.79 Å². The predicted octanol–water partition coefficient (Wildman–Crippen LogP) is 2.84. The third-order valence-electron chi connectivity index (χ3n) is 4.56. The van der Waals surface area contributed by atoms with Gasteiger partial charge in [-0.1, -0.05) is 19.9 Å². The van der Waals surface area contributed by atoms with Crippen LogP contribution in [0.25, 0.3) is 0 Å². The van der Waals surface area contributed by atoms with Gasteiger partial charge in [-0.05, 0) is 50.4 Å². The summed E-state index contributed by atoms with van der Waals surface area (Å²) in [5.41, 5.74) is 1.72. The topological polar surface area (TPSA) is 90.9 Å². The van der Waals surface area contributed by atoms with Gasteiger partial charge in [0.25, 0.3) is 0 Å². The lowest BCUT2D eigenvalue weighted by atomic mass is 9.85. The number of nitrogens with one attached hydrogen (secondary N) is 2. The Kier molecular flexibility index (Phi) is 7.26. The van der Waals surface area contributed by atoms with E-state index in [1.807, 2.05) is 43.9 Å². The van der Waals surface area contributed by atoms with Crippen molar-refractivity contribution < 1.29 is 19.4 Å². The first-order chi connectivity index (χ1) is 12.4. The summed E-state index contributed by atoms with van der Waals surface area (Å²) in [4.78, 5) is 25.1. The number of rotatable bonds is 9. The van der Waals surface area contributed by atoms with Gasteiger partial charge in [0.15, 0.2) is 0 Å². The second-order valence-electron chi connectivity index (χ2n) is 6.73. The highest BCUT2D eigenvalue weighted by atomic mass is 16.5. The Morgan fingerprint density at radius 2 is 2.04 bits per heavy atom. The van der Waals surface area contributed by atoms with E-state index in [0.717, 1.165) is 24.8 Å². The number of nitrogens with zero attached hydrogens (tertiary/aromatic N) is 1. The van der Waals surface area contributed by atoms with Crippen molar-refractivity contribution in [2.75, 3.05) is 25.0 Å². The van der Waals surface area contributed by atoms with Crippen molar-refractivity contribution in [2.24, 2.45) is 0 Å². The van der Waals surface area contributed by atoms with E-state index in [4.69, 9.17) is 9.84 Å². The molecule has 1 saturated carbocycles. The van der Waals surface area contributed by atoms with Crippen molar-refractivity contribution in [3.8, 4) is 5.75 Å². The van der Waals surface area contributed by atoms with E-state index in [-0.39, 0.29) is 24.7 Å². The Balaban J connectivity index is 1.84. The Hall–Kier alpha value is -2.28. The van der Waals surface area contributed by atoms with Gasteiger partial charge in [0.1, 0.15) is 5.75 Å². The lowest BCUT2D eigenvalue weighted by Crippen LogP contribution is -2.55. The molecule has 3 N–H and O–H groups in total. The number of hydrogen-bond acceptors (Lipinski definition) is 4. The molecular weight excluding hydrogens is 334 g/mol. The van der Waals surface area contributed by atoms with E-state index < -0.39 is 5.97 Å². The van der Waals surface area contributed by atoms with Gasteiger partial charge in [-0.2, -0.15) is 0 Å². The molecule has 7 nitrogen and oxygen atoms in total. The SMILES string of the molecule is CCCOc1cc(C)ccc1NC(=O)NC1CC(N(CC)CC(=O)O)C1. The van der Waals surface area contributed by atoms with Crippen LogP contribution in [0, 0.1) is 6.92 Å². The lowest BCUT2D eigenvalue weighted by Gasteiger charge is -2.42. The van der Waals surface area contributed by atoms with Crippen molar-refractivity contribution >= 4 is 17.7 Å². The molecule has 0 spiro atoms. The number of hydrogen-bond donors (Lipinski definition) is 3. The molecule has 2 rings (SSSR count). The quantitative estimate of drug-likeness (QED) is 0.628. The number of urea groups is 1. The zero-order valence-corrected chi connectivity index (χ0v) is 15.7. The van der Waals surface area contributed by atoms with Crippen LogP contribution in [0.5, 0.6) is 5.75 Å². The molecule has 1 aliphatic carbocycles. The van der Waals surface area contributed by atoms with Gasteiger partial charge >= 0.3 is 12.0 Å². The van der Waals surface area contributed by atoms with Crippen LogP contribution >= 0.6 is 0 Å². The predicted molar refractivity (Wildman–Crippen MR) is 101 cm³/mol. The number of likely N-dealkylation sites (N-methyl/N-ethyl adjacent to an activating group) is 1. The van der Waals surface area contributed by atoms with Gasteiger partial charge in [0, 0.05) is 12.1 Å². The average Bonchev–Trinajstić information content (AvgIpc) is 2.56. The molecule has 0 atom stereocenters. The molecule has 1 aromatic carbocycles. The number of carbonyl (C=O) groups is 2. The minimum Gasteiger partial charge on any atom is -0.491 e. The maximum Gasteiger partial charge on any atom is 0.319 e. The van der Waals surface area contributed by atoms with Gasteiger partial charge in [-0.3, -0.25) is 9.69 Å². The summed E-state index contributed by atoms with van der Waals surface area (Å²) in [7, 11) is 0. The second kappa shape index (κ2) is 9.43. The monoisotopic (exact) mass is 363 g/mol. The number of aliphatic carboxylic acids is 1. The van der Waals surface area contributed by atoms with E-state index in [1.165, 1.54) is 0 Å². The van der Waals surface area contributed by atoms with Crippen LogP contribution in [0.1, 0.15) is 38.7 Å². The number of aryl methyl sites for hydroxylation is 1. The first-order valence-electron chi connectivity index (χ1n) is 9.19. The van der Waals surface area contributed by atoms with Crippen LogP contribution in [0.4, 0.5) is 10.5 Å². The maximum absolute atomic E-state index is 12.3. The summed E-state index contributed by atoms with van der Waals surface area (Å²) in [6.07, 6.45) is 2.43. The summed E-state index contributed by atoms with van der Waals surface area (Å²) in [6.45, 7) is 7.30. The Bertz CT molecular complexity index is 629. The molecular formula is C19H29N3O4. The Morgan fingerprint density at radius 1 is 1.31 bits per heavy atom. The van der Waals surface area contributed by atoms with Crippen LogP contribution in [0.2, 0.25) is 0 Å². The first-order valence-corrected chi connectivity index (χ1v) is 9.19. The minimum atomic E-state index is -0.819. The highest BCUT2D eigenvalue weighted by molar-refractivity contribution is 5.91. The number of carboxylic acid groups (broad SMARTS) is 1. The highest BCUT2D eigenvalue weighted by Gasteiger charge is 2.34. The summed E-state index contributed by atoms with van der Waals surface area (Å²) >= 11 is 0. The maximum atomic E-state index is 12.3. The third kappa shape index (κ3) is 5.62. The second-order valence-corrected chi connectivity index (χ2v) is 6.73. The van der Waals surface area contributed by atoms with Crippen LogP contribution in [0.3, 0.4) is 0 Å². The average molecular weight is 363 g/mol. The van der Waals surface area contributed by atoms with E-state index in [2.05, 4.69) is 10.6 Å². The van der Waals surface area contributed by atoms with Gasteiger partial charge in [0.05, 0.1) is 18.8 Å². The summed E-state index contributed by atoms with van der Waals surface area (Å²) < 4.78 is 5.71. The van der Waals surface area contributed by atoms with Crippen molar-refractivity contribution in [2.45, 2.75) is 52.1 Å². The molecule has 2 amide bonds. The highest BCUT2D eigenvalue weighted by Crippen LogP contribution is 2.28. The normalized spacial score (nSPS) is 18.9. The largest absolute Gasteiger partial charge is 0.491 e. The fourth-order valence-corrected chi connectivity index (χ4v) is 3.08. The smallest absolute Gasteiger partial charge is 0.319 e. The molecule has 26 heavy (non-hydrogen) atoms. The fourth-order valence-electron chi connectivity index (χ4n) is 3.08. The summed E-state index contributed by atoms with van der Waals surface area (Å²) in [5, 5.41) is 14.7. The molecule has 0 saturated heterocycles. The standard InChI is InChI=1S/C19H29N3O4/c1-4-8-26-17-9-13(3)6-7-16(17)21-19(25)20-14-10-15(11-14)22(5-2)12-18(23)24/h6-7,9,14-15H,4-5,8,10-12H2,1-3H3,(H,23,24)(H2,20,21,25). The molecule has 7 heteroatoms. The third-order valence-corrected chi connectivity index (χ3v) is 4.56. The minimum absolute atomic E-state index is 0.0432. The number of benzene rings is 1. The number of carboxylic acids is 1. The number of carbonyl (C=O) groups excluding carboxylic acids is 1. The van der Waals surface area contributed by atoms with E-state index in [0.29, 0.717) is 24.6 Å². The van der Waals surface area contributed by atoms with Crippen LogP contribution in [0.15, 0.2) is 18.2 Å². The summed E-state index contributed by atoms with van der Waals surface area (Å²) in [5.74, 6) is -0.146. The van der Waals surface area contributed by atoms with Crippen molar-refractivity contribution in [1.82, 2.24) is 10.2 Å². The molecule has 1 aliphatic rings. The molecule has 0 bridgehead atoms. The summed E-state index contributed by atoms with van der Waals surface area (Å²) in [6, 6.07) is 5.70. The van der Waals surface area contributed by atoms with Crippen LogP contribution in [-0.2, 0) is 4.79 Å². The van der Waals surface area contributed by atoms with Crippen LogP contribution in [-0.4, -0.2) is 53.8 Å². The first kappa shape index (κ1) is 20.0. The lowest BCUT2D eigenvalue weighted by molar-refractivity contribution is -0.139. The van der Waals surface area contributed by atoms with Crippen molar-refractivity contribution in [3.05, 3.63) is 23.8 Å². The van der Waals surface area contributed by atoms with Gasteiger partial charge < -0.3 is 20.5 Å². The Labute approximate surface area is 154 Å². The van der Waals surface area contributed by atoms with Crippen molar-refractivity contribution in [3.63, 3.8) is 0 Å². The Morgan fingerprint density at radius 3 is 2.65 bits per heavy atom. The molecule has 0 aromatic heterocycles. The zero-order chi connectivity index (χ0) is 19.1. The molecule has 1 aromatic rings. The van der Waals surface area contributed by atoms with E-state index >= 15 is 0 Å². The van der Waals surface area contributed by atoms with Crippen LogP contribution < -0.4 is 15.4 Å². The molecule has 0 aliphatic heterocycles. The van der Waals surface area contributed by atoms with E-state index in [9.17, 15) is 9.59 Å². The zero-order valence-electron chi connectivity index (χ0n) is 15.7.